The first-order valence-electron chi connectivity index (χ1n) is 13.7. The zero-order valence-electron chi connectivity index (χ0n) is 23.8. The summed E-state index contributed by atoms with van der Waals surface area (Å²) in [5, 5.41) is 7.41. The lowest BCUT2D eigenvalue weighted by atomic mass is 9.99. The fraction of sp³-hybridized carbons (Fsp3) is 0.258. The Hall–Kier alpha value is -4.42. The third-order valence-electron chi connectivity index (χ3n) is 7.19. The van der Waals surface area contributed by atoms with E-state index in [0.29, 0.717) is 41.6 Å². The number of esters is 1. The standard InChI is InChI=1S/C31H30F2N4O5S/c1-19-7-14-29(42-20(2)38)24(16-19)30-25(18-36(3)35-30)21-8-10-22(11-9-21)34-31(39)28-6-4-5-15-37(28)43(40,41)23-12-13-26(32)27(33)17-23/h7-14,16-18,28H,4-6,15H2,1-3H3,(H,34,39). The van der Waals surface area contributed by atoms with Crippen molar-refractivity contribution in [2.45, 2.75) is 44.0 Å². The average Bonchev–Trinajstić information content (AvgIpc) is 3.36. The smallest absolute Gasteiger partial charge is 0.308 e. The third kappa shape index (κ3) is 6.35. The number of nitrogens with zero attached hydrogens (tertiary/aromatic N) is 3. The van der Waals surface area contributed by atoms with E-state index in [2.05, 4.69) is 10.4 Å². The van der Waals surface area contributed by atoms with E-state index in [1.165, 1.54) is 6.92 Å². The van der Waals surface area contributed by atoms with Gasteiger partial charge in [0.1, 0.15) is 17.5 Å². The van der Waals surface area contributed by atoms with E-state index in [-0.39, 0.29) is 13.0 Å². The lowest BCUT2D eigenvalue weighted by molar-refractivity contribution is -0.131. The molecule has 224 valence electrons. The monoisotopic (exact) mass is 608 g/mol. The highest BCUT2D eigenvalue weighted by Crippen LogP contribution is 2.37. The number of hydrogen-bond donors (Lipinski definition) is 1. The molecule has 1 saturated heterocycles. The molecule has 5 rings (SSSR count). The number of hydrogen-bond acceptors (Lipinski definition) is 6. The summed E-state index contributed by atoms with van der Waals surface area (Å²) in [6.07, 6.45) is 3.30. The van der Waals surface area contributed by atoms with Gasteiger partial charge >= 0.3 is 5.97 Å². The first-order valence-corrected chi connectivity index (χ1v) is 15.1. The largest absolute Gasteiger partial charge is 0.426 e. The molecule has 1 amide bonds. The van der Waals surface area contributed by atoms with Crippen molar-refractivity contribution in [3.05, 3.63) is 84.1 Å². The molecule has 0 radical (unpaired) electrons. The Labute approximate surface area is 248 Å². The molecule has 1 atom stereocenters. The van der Waals surface area contributed by atoms with Gasteiger partial charge < -0.3 is 10.1 Å². The predicted octanol–water partition coefficient (Wildman–Crippen LogP) is 5.45. The topological polar surface area (TPSA) is 111 Å². The van der Waals surface area contributed by atoms with E-state index in [9.17, 15) is 26.8 Å². The Morgan fingerprint density at radius 1 is 0.977 bits per heavy atom. The Morgan fingerprint density at radius 3 is 2.42 bits per heavy atom. The number of sulfonamides is 1. The maximum atomic E-state index is 13.8. The van der Waals surface area contributed by atoms with Crippen LogP contribution >= 0.6 is 0 Å². The Balaban J connectivity index is 1.39. The number of piperidine rings is 1. The van der Waals surface area contributed by atoms with Crippen LogP contribution in [0.3, 0.4) is 0 Å². The molecule has 0 saturated carbocycles. The van der Waals surface area contributed by atoms with Gasteiger partial charge in [0, 0.05) is 43.5 Å². The summed E-state index contributed by atoms with van der Waals surface area (Å²) >= 11 is 0. The zero-order chi connectivity index (χ0) is 30.9. The van der Waals surface area contributed by atoms with Gasteiger partial charge in [-0.15, -0.1) is 0 Å². The van der Waals surface area contributed by atoms with E-state index in [0.717, 1.165) is 33.1 Å². The summed E-state index contributed by atoms with van der Waals surface area (Å²) in [5.74, 6) is -3.01. The predicted molar refractivity (Wildman–Crippen MR) is 157 cm³/mol. The highest BCUT2D eigenvalue weighted by atomic mass is 32.2. The van der Waals surface area contributed by atoms with Crippen molar-refractivity contribution >= 4 is 27.6 Å². The molecule has 0 spiro atoms. The molecule has 1 unspecified atom stereocenters. The average molecular weight is 609 g/mol. The summed E-state index contributed by atoms with van der Waals surface area (Å²) < 4.78 is 62.0. The number of halogens is 2. The lowest BCUT2D eigenvalue weighted by Crippen LogP contribution is -2.49. The van der Waals surface area contributed by atoms with Crippen molar-refractivity contribution in [1.29, 1.82) is 0 Å². The molecule has 1 aliphatic heterocycles. The van der Waals surface area contributed by atoms with Crippen molar-refractivity contribution in [3.63, 3.8) is 0 Å². The minimum absolute atomic E-state index is 0.0798. The Morgan fingerprint density at radius 2 is 1.72 bits per heavy atom. The molecule has 43 heavy (non-hydrogen) atoms. The molecule has 2 heterocycles. The van der Waals surface area contributed by atoms with Crippen LogP contribution in [0.5, 0.6) is 5.75 Å². The second-order valence-electron chi connectivity index (χ2n) is 10.4. The summed E-state index contributed by atoms with van der Waals surface area (Å²) in [5.41, 5.74) is 4.24. The number of benzene rings is 3. The van der Waals surface area contributed by atoms with Crippen LogP contribution in [0.15, 0.2) is 71.8 Å². The molecule has 12 heteroatoms. The minimum Gasteiger partial charge on any atom is -0.426 e. The van der Waals surface area contributed by atoms with Gasteiger partial charge in [-0.05, 0) is 67.8 Å². The van der Waals surface area contributed by atoms with Crippen LogP contribution in [0.1, 0.15) is 31.7 Å². The van der Waals surface area contributed by atoms with Crippen molar-refractivity contribution in [3.8, 4) is 28.1 Å². The number of amides is 1. The lowest BCUT2D eigenvalue weighted by Gasteiger charge is -2.33. The number of aryl methyl sites for hydroxylation is 2. The molecule has 1 aromatic heterocycles. The molecule has 0 bridgehead atoms. The van der Waals surface area contributed by atoms with Gasteiger partial charge in [-0.25, -0.2) is 17.2 Å². The maximum Gasteiger partial charge on any atom is 0.308 e. The van der Waals surface area contributed by atoms with Crippen LogP contribution < -0.4 is 10.1 Å². The molecule has 0 aliphatic carbocycles. The van der Waals surface area contributed by atoms with Gasteiger partial charge in [0.2, 0.25) is 15.9 Å². The number of carbonyl (C=O) groups is 2. The second kappa shape index (κ2) is 12.1. The van der Waals surface area contributed by atoms with E-state index in [1.807, 2.05) is 25.3 Å². The van der Waals surface area contributed by atoms with Gasteiger partial charge in [0.05, 0.1) is 4.90 Å². The van der Waals surface area contributed by atoms with Gasteiger partial charge in [-0.1, -0.05) is 30.2 Å². The van der Waals surface area contributed by atoms with Crippen molar-refractivity contribution in [2.75, 3.05) is 11.9 Å². The van der Waals surface area contributed by atoms with Crippen LogP contribution in [-0.4, -0.2) is 47.0 Å². The fourth-order valence-electron chi connectivity index (χ4n) is 5.16. The van der Waals surface area contributed by atoms with Crippen molar-refractivity contribution < 1.29 is 31.5 Å². The second-order valence-corrected chi connectivity index (χ2v) is 12.3. The van der Waals surface area contributed by atoms with Gasteiger partial charge in [-0.3, -0.25) is 14.3 Å². The SMILES string of the molecule is CC(=O)Oc1ccc(C)cc1-c1nn(C)cc1-c1ccc(NC(=O)C2CCCCN2S(=O)(=O)c2ccc(F)c(F)c2)cc1. The van der Waals surface area contributed by atoms with E-state index >= 15 is 0 Å². The molecule has 3 aromatic carbocycles. The van der Waals surface area contributed by atoms with Gasteiger partial charge in [0.15, 0.2) is 11.6 Å². The number of aromatic nitrogens is 2. The molecule has 9 nitrogen and oxygen atoms in total. The van der Waals surface area contributed by atoms with E-state index in [4.69, 9.17) is 4.74 Å². The van der Waals surface area contributed by atoms with Gasteiger partial charge in [0.25, 0.3) is 0 Å². The normalized spacial score (nSPS) is 15.7. The number of anilines is 1. The Kier molecular flexibility index (Phi) is 8.43. The molecular weight excluding hydrogens is 578 g/mol. The molecular formula is C31H30F2N4O5S. The van der Waals surface area contributed by atoms with Crippen LogP contribution in [0.2, 0.25) is 0 Å². The van der Waals surface area contributed by atoms with Crippen LogP contribution in [0.25, 0.3) is 22.4 Å². The molecule has 1 aliphatic rings. The third-order valence-corrected chi connectivity index (χ3v) is 9.09. The molecule has 4 aromatic rings. The zero-order valence-corrected chi connectivity index (χ0v) is 24.6. The highest BCUT2D eigenvalue weighted by Gasteiger charge is 2.38. The molecule has 1 fully saturated rings. The van der Waals surface area contributed by atoms with E-state index in [1.54, 1.807) is 42.1 Å². The highest BCUT2D eigenvalue weighted by molar-refractivity contribution is 7.89. The minimum atomic E-state index is -4.25. The van der Waals surface area contributed by atoms with Crippen LogP contribution in [0.4, 0.5) is 14.5 Å². The van der Waals surface area contributed by atoms with Crippen molar-refractivity contribution in [1.82, 2.24) is 14.1 Å². The summed E-state index contributed by atoms with van der Waals surface area (Å²) in [7, 11) is -2.46. The van der Waals surface area contributed by atoms with Gasteiger partial charge in [-0.2, -0.15) is 9.40 Å². The Bertz CT molecular complexity index is 1810. The first kappa shape index (κ1) is 30.1. The van der Waals surface area contributed by atoms with Crippen molar-refractivity contribution in [2.24, 2.45) is 7.05 Å². The maximum absolute atomic E-state index is 13.8. The quantitative estimate of drug-likeness (QED) is 0.221. The summed E-state index contributed by atoms with van der Waals surface area (Å²) in [4.78, 5) is 24.6. The number of rotatable bonds is 7. The summed E-state index contributed by atoms with van der Waals surface area (Å²) in [6, 6.07) is 13.8. The number of nitrogens with one attached hydrogen (secondary N) is 1. The van der Waals surface area contributed by atoms with Crippen LogP contribution in [-0.2, 0) is 26.7 Å². The van der Waals surface area contributed by atoms with E-state index < -0.39 is 44.5 Å². The number of carbonyl (C=O) groups excluding carboxylic acids is 2. The summed E-state index contributed by atoms with van der Waals surface area (Å²) in [6.45, 7) is 3.34. The fourth-order valence-corrected chi connectivity index (χ4v) is 6.83. The molecule has 1 N–H and O–H groups in total. The first-order chi connectivity index (χ1) is 20.4. The number of ether oxygens (including phenoxy) is 1. The van der Waals surface area contributed by atoms with Crippen LogP contribution in [0, 0.1) is 18.6 Å².